The van der Waals surface area contributed by atoms with Crippen molar-refractivity contribution >= 4 is 17.6 Å². The summed E-state index contributed by atoms with van der Waals surface area (Å²) < 4.78 is 10.3. The first-order valence-corrected chi connectivity index (χ1v) is 6.56. The van der Waals surface area contributed by atoms with Crippen LogP contribution in [0.1, 0.15) is 21.5 Å². The van der Waals surface area contributed by atoms with E-state index in [9.17, 15) is 4.79 Å². The summed E-state index contributed by atoms with van der Waals surface area (Å²) in [6.45, 7) is 1.01. The van der Waals surface area contributed by atoms with E-state index in [1.165, 1.54) is 7.11 Å². The number of hydrogen-bond acceptors (Lipinski definition) is 3. The number of benzene rings is 2. The van der Waals surface area contributed by atoms with E-state index in [0.29, 0.717) is 23.8 Å². The van der Waals surface area contributed by atoms with E-state index in [1.54, 1.807) is 12.1 Å². The first-order chi connectivity index (χ1) is 9.69. The molecule has 3 nitrogen and oxygen atoms in total. The van der Waals surface area contributed by atoms with E-state index in [2.05, 4.69) is 4.74 Å². The van der Waals surface area contributed by atoms with Gasteiger partial charge in [-0.05, 0) is 35.4 Å². The first-order valence-electron chi connectivity index (χ1n) is 6.18. The molecule has 0 fully saturated rings. The number of hydrogen-bond donors (Lipinski definition) is 0. The third-order valence-corrected chi connectivity index (χ3v) is 3.08. The quantitative estimate of drug-likeness (QED) is 0.785. The summed E-state index contributed by atoms with van der Waals surface area (Å²) in [6, 6.07) is 14.7. The Morgan fingerprint density at radius 2 is 1.45 bits per heavy atom. The van der Waals surface area contributed by atoms with Crippen molar-refractivity contribution in [1.82, 2.24) is 0 Å². The van der Waals surface area contributed by atoms with E-state index in [4.69, 9.17) is 16.3 Å². The fraction of sp³-hybridized carbons (Fsp3) is 0.188. The third kappa shape index (κ3) is 4.08. The Morgan fingerprint density at radius 3 is 1.95 bits per heavy atom. The lowest BCUT2D eigenvalue weighted by Gasteiger charge is -2.06. The minimum absolute atomic E-state index is 0.335. The summed E-state index contributed by atoms with van der Waals surface area (Å²) in [5.74, 6) is -0.335. The molecule has 0 bridgehead atoms. The van der Waals surface area contributed by atoms with Crippen molar-refractivity contribution < 1.29 is 14.3 Å². The second-order valence-corrected chi connectivity index (χ2v) is 4.74. The van der Waals surface area contributed by atoms with Crippen LogP contribution in [0.15, 0.2) is 48.5 Å². The van der Waals surface area contributed by atoms with Crippen LogP contribution in [0.2, 0.25) is 5.02 Å². The molecule has 0 saturated carbocycles. The summed E-state index contributed by atoms with van der Waals surface area (Å²) in [5, 5.41) is 0.715. The molecular formula is C16H15ClO3. The van der Waals surface area contributed by atoms with Crippen molar-refractivity contribution in [1.29, 1.82) is 0 Å². The van der Waals surface area contributed by atoms with Crippen LogP contribution in [0.5, 0.6) is 0 Å². The van der Waals surface area contributed by atoms with Crippen LogP contribution in [0.25, 0.3) is 0 Å². The Balaban J connectivity index is 1.85. The zero-order valence-corrected chi connectivity index (χ0v) is 11.9. The lowest BCUT2D eigenvalue weighted by atomic mass is 10.1. The molecule has 0 saturated heterocycles. The molecule has 0 spiro atoms. The molecule has 104 valence electrons. The molecule has 0 aliphatic heterocycles. The van der Waals surface area contributed by atoms with Gasteiger partial charge in [0, 0.05) is 5.02 Å². The Labute approximate surface area is 123 Å². The molecule has 0 radical (unpaired) electrons. The number of methoxy groups -OCH3 is 1. The summed E-state index contributed by atoms with van der Waals surface area (Å²) >= 11 is 5.82. The Morgan fingerprint density at radius 1 is 0.950 bits per heavy atom. The Hall–Kier alpha value is -1.84. The number of esters is 1. The van der Waals surface area contributed by atoms with E-state index in [1.807, 2.05) is 36.4 Å². The van der Waals surface area contributed by atoms with Gasteiger partial charge < -0.3 is 9.47 Å². The average molecular weight is 291 g/mol. The van der Waals surface area contributed by atoms with Crippen LogP contribution in [0, 0.1) is 0 Å². The minimum Gasteiger partial charge on any atom is -0.465 e. The van der Waals surface area contributed by atoms with Gasteiger partial charge in [0.15, 0.2) is 0 Å². The van der Waals surface area contributed by atoms with Crippen LogP contribution in [-0.2, 0) is 22.7 Å². The number of ether oxygens (including phenoxy) is 2. The highest BCUT2D eigenvalue weighted by atomic mass is 35.5. The van der Waals surface area contributed by atoms with Gasteiger partial charge in [-0.25, -0.2) is 4.79 Å². The van der Waals surface area contributed by atoms with Crippen LogP contribution < -0.4 is 0 Å². The molecule has 20 heavy (non-hydrogen) atoms. The molecule has 0 aromatic heterocycles. The van der Waals surface area contributed by atoms with Gasteiger partial charge >= 0.3 is 5.97 Å². The predicted octanol–water partition coefficient (Wildman–Crippen LogP) is 3.84. The van der Waals surface area contributed by atoms with Gasteiger partial charge in [0.2, 0.25) is 0 Å². The van der Waals surface area contributed by atoms with E-state index in [-0.39, 0.29) is 5.97 Å². The van der Waals surface area contributed by atoms with Crippen molar-refractivity contribution in [3.05, 3.63) is 70.2 Å². The molecule has 0 heterocycles. The molecule has 0 atom stereocenters. The maximum Gasteiger partial charge on any atom is 0.337 e. The van der Waals surface area contributed by atoms with Crippen molar-refractivity contribution in [2.24, 2.45) is 0 Å². The van der Waals surface area contributed by atoms with Crippen LogP contribution in [0.3, 0.4) is 0 Å². The van der Waals surface area contributed by atoms with Gasteiger partial charge in [0.1, 0.15) is 0 Å². The third-order valence-electron chi connectivity index (χ3n) is 2.83. The van der Waals surface area contributed by atoms with Crippen molar-refractivity contribution in [3.8, 4) is 0 Å². The van der Waals surface area contributed by atoms with Gasteiger partial charge in [-0.1, -0.05) is 35.9 Å². The summed E-state index contributed by atoms with van der Waals surface area (Å²) in [6.07, 6.45) is 0. The molecule has 2 aromatic carbocycles. The van der Waals surface area contributed by atoms with Crippen LogP contribution in [0.4, 0.5) is 0 Å². The number of carbonyl (C=O) groups is 1. The lowest BCUT2D eigenvalue weighted by Crippen LogP contribution is -2.01. The van der Waals surface area contributed by atoms with Gasteiger partial charge in [0.25, 0.3) is 0 Å². The van der Waals surface area contributed by atoms with E-state index in [0.717, 1.165) is 11.1 Å². The highest BCUT2D eigenvalue weighted by Crippen LogP contribution is 2.12. The average Bonchev–Trinajstić information content (AvgIpc) is 2.49. The monoisotopic (exact) mass is 290 g/mol. The van der Waals surface area contributed by atoms with Crippen molar-refractivity contribution in [3.63, 3.8) is 0 Å². The molecule has 2 rings (SSSR count). The van der Waals surface area contributed by atoms with Crippen LogP contribution in [-0.4, -0.2) is 13.1 Å². The molecule has 0 aliphatic carbocycles. The topological polar surface area (TPSA) is 35.5 Å². The molecular weight excluding hydrogens is 276 g/mol. The number of carbonyl (C=O) groups excluding carboxylic acids is 1. The molecule has 4 heteroatoms. The number of halogens is 1. The fourth-order valence-corrected chi connectivity index (χ4v) is 1.85. The zero-order valence-electron chi connectivity index (χ0n) is 11.1. The van der Waals surface area contributed by atoms with Crippen LogP contribution >= 0.6 is 11.6 Å². The summed E-state index contributed by atoms with van der Waals surface area (Å²) in [5.41, 5.74) is 2.61. The Bertz CT molecular complexity index is 561. The van der Waals surface area contributed by atoms with Gasteiger partial charge in [-0.3, -0.25) is 0 Å². The molecule has 0 unspecified atom stereocenters. The van der Waals surface area contributed by atoms with Crippen molar-refractivity contribution in [2.75, 3.05) is 7.11 Å². The fourth-order valence-electron chi connectivity index (χ4n) is 1.72. The van der Waals surface area contributed by atoms with Gasteiger partial charge in [-0.2, -0.15) is 0 Å². The lowest BCUT2D eigenvalue weighted by molar-refractivity contribution is 0.0600. The van der Waals surface area contributed by atoms with E-state index < -0.39 is 0 Å². The molecule has 0 amide bonds. The summed E-state index contributed by atoms with van der Waals surface area (Å²) in [4.78, 5) is 11.3. The highest BCUT2D eigenvalue weighted by molar-refractivity contribution is 6.30. The minimum atomic E-state index is -0.335. The predicted molar refractivity (Wildman–Crippen MR) is 77.7 cm³/mol. The zero-order chi connectivity index (χ0) is 14.4. The number of rotatable bonds is 5. The Kier molecular flexibility index (Phi) is 5.16. The van der Waals surface area contributed by atoms with Crippen molar-refractivity contribution in [2.45, 2.75) is 13.2 Å². The van der Waals surface area contributed by atoms with E-state index >= 15 is 0 Å². The smallest absolute Gasteiger partial charge is 0.337 e. The largest absolute Gasteiger partial charge is 0.465 e. The summed E-state index contributed by atoms with van der Waals surface area (Å²) in [7, 11) is 1.37. The maximum atomic E-state index is 11.3. The first kappa shape index (κ1) is 14.6. The molecule has 2 aromatic rings. The second-order valence-electron chi connectivity index (χ2n) is 4.31. The SMILES string of the molecule is COC(=O)c1ccc(COCc2ccc(Cl)cc2)cc1. The van der Waals surface area contributed by atoms with Gasteiger partial charge in [-0.15, -0.1) is 0 Å². The second kappa shape index (κ2) is 7.08. The molecule has 0 N–H and O–H groups in total. The highest BCUT2D eigenvalue weighted by Gasteiger charge is 2.04. The molecule has 0 aliphatic rings. The van der Waals surface area contributed by atoms with Gasteiger partial charge in [0.05, 0.1) is 25.9 Å². The normalized spacial score (nSPS) is 10.3. The standard InChI is InChI=1S/C16H15ClO3/c1-19-16(18)14-6-2-12(3-7-14)10-20-11-13-4-8-15(17)9-5-13/h2-9H,10-11H2,1H3. The maximum absolute atomic E-state index is 11.3.